The Balaban J connectivity index is 1.82. The summed E-state index contributed by atoms with van der Waals surface area (Å²) >= 11 is 0. The van der Waals surface area contributed by atoms with Gasteiger partial charge in [-0.3, -0.25) is 9.59 Å². The van der Waals surface area contributed by atoms with Crippen molar-refractivity contribution in [2.45, 2.75) is 31.3 Å². The summed E-state index contributed by atoms with van der Waals surface area (Å²) in [6, 6.07) is 6.14. The minimum absolute atomic E-state index is 0.0264. The lowest BCUT2D eigenvalue weighted by atomic mass is 10.1. The van der Waals surface area contributed by atoms with Gasteiger partial charge in [0.2, 0.25) is 11.8 Å². The number of hydrogen-bond acceptors (Lipinski definition) is 4. The molecule has 1 aromatic rings. The fourth-order valence-corrected chi connectivity index (χ4v) is 2.05. The second kappa shape index (κ2) is 6.58. The fraction of sp³-hybridized carbons (Fsp3) is 0.467. The number of carbonyl (C=O) groups is 2. The summed E-state index contributed by atoms with van der Waals surface area (Å²) in [6.07, 6.45) is 2.40. The number of hydrogen-bond donors (Lipinski definition) is 3. The number of nitrogens with one attached hydrogen (secondary N) is 1. The molecule has 6 heteroatoms. The standard InChI is InChI=1S/C15H21N3O3/c1-18(9-14(20)17-11-4-5-11)15(21)13(16)8-10-2-6-12(19)7-3-10/h2-3,6-7,11,13,19H,4-5,8-9,16H2,1H3,(H,17,20). The van der Waals surface area contributed by atoms with Gasteiger partial charge in [0.15, 0.2) is 0 Å². The molecule has 4 N–H and O–H groups in total. The van der Waals surface area contributed by atoms with E-state index < -0.39 is 6.04 Å². The van der Waals surface area contributed by atoms with Gasteiger partial charge in [0.25, 0.3) is 0 Å². The van der Waals surface area contributed by atoms with Crippen LogP contribution in [0.3, 0.4) is 0 Å². The third-order valence-electron chi connectivity index (χ3n) is 3.41. The van der Waals surface area contributed by atoms with Crippen molar-refractivity contribution in [1.82, 2.24) is 10.2 Å². The number of rotatable bonds is 6. The molecular formula is C15H21N3O3. The summed E-state index contributed by atoms with van der Waals surface area (Å²) in [6.45, 7) is 0.0264. The molecule has 1 aliphatic carbocycles. The molecule has 1 atom stereocenters. The molecule has 0 aromatic heterocycles. The molecule has 0 spiro atoms. The van der Waals surface area contributed by atoms with Gasteiger partial charge in [-0.05, 0) is 37.0 Å². The average molecular weight is 291 g/mol. The molecule has 1 aromatic carbocycles. The number of phenolic OH excluding ortho intramolecular Hbond substituents is 1. The van der Waals surface area contributed by atoms with Crippen LogP contribution in [0.2, 0.25) is 0 Å². The second-order valence-corrected chi connectivity index (χ2v) is 5.51. The molecule has 114 valence electrons. The first-order valence-corrected chi connectivity index (χ1v) is 7.03. The van der Waals surface area contributed by atoms with Crippen LogP contribution in [-0.2, 0) is 16.0 Å². The van der Waals surface area contributed by atoms with Crippen LogP contribution in [0.25, 0.3) is 0 Å². The van der Waals surface area contributed by atoms with Crippen LogP contribution in [0, 0.1) is 0 Å². The van der Waals surface area contributed by atoms with E-state index in [-0.39, 0.29) is 30.2 Å². The van der Waals surface area contributed by atoms with Crippen molar-refractivity contribution in [3.63, 3.8) is 0 Å². The molecule has 1 aliphatic rings. The number of amides is 2. The molecule has 0 radical (unpaired) electrons. The molecule has 2 amide bonds. The lowest BCUT2D eigenvalue weighted by Crippen LogP contribution is -2.47. The number of aromatic hydroxyl groups is 1. The lowest BCUT2D eigenvalue weighted by Gasteiger charge is -2.21. The Kier molecular flexibility index (Phi) is 4.80. The zero-order chi connectivity index (χ0) is 15.4. The van der Waals surface area contributed by atoms with Gasteiger partial charge in [-0.15, -0.1) is 0 Å². The van der Waals surface area contributed by atoms with Crippen LogP contribution in [-0.4, -0.2) is 47.5 Å². The van der Waals surface area contributed by atoms with E-state index in [1.54, 1.807) is 31.3 Å². The van der Waals surface area contributed by atoms with E-state index in [0.29, 0.717) is 6.42 Å². The molecule has 21 heavy (non-hydrogen) atoms. The highest BCUT2D eigenvalue weighted by Gasteiger charge is 2.25. The van der Waals surface area contributed by atoms with Gasteiger partial charge in [0, 0.05) is 13.1 Å². The molecular weight excluding hydrogens is 270 g/mol. The van der Waals surface area contributed by atoms with Crippen LogP contribution in [0.4, 0.5) is 0 Å². The van der Waals surface area contributed by atoms with Crippen molar-refractivity contribution in [1.29, 1.82) is 0 Å². The van der Waals surface area contributed by atoms with Crippen molar-refractivity contribution >= 4 is 11.8 Å². The summed E-state index contributed by atoms with van der Waals surface area (Å²) in [5.74, 6) is -0.244. The van der Waals surface area contributed by atoms with Crippen LogP contribution >= 0.6 is 0 Å². The minimum Gasteiger partial charge on any atom is -0.508 e. The molecule has 0 saturated heterocycles. The van der Waals surface area contributed by atoms with Gasteiger partial charge in [-0.25, -0.2) is 0 Å². The van der Waals surface area contributed by atoms with Gasteiger partial charge in [0.1, 0.15) is 5.75 Å². The molecule has 1 unspecified atom stereocenters. The van der Waals surface area contributed by atoms with Crippen LogP contribution in [0.15, 0.2) is 24.3 Å². The van der Waals surface area contributed by atoms with E-state index in [1.807, 2.05) is 0 Å². The quantitative estimate of drug-likeness (QED) is 0.687. The van der Waals surface area contributed by atoms with Gasteiger partial charge in [0.05, 0.1) is 12.6 Å². The van der Waals surface area contributed by atoms with Crippen molar-refractivity contribution in [3.05, 3.63) is 29.8 Å². The van der Waals surface area contributed by atoms with Crippen molar-refractivity contribution < 1.29 is 14.7 Å². The smallest absolute Gasteiger partial charge is 0.240 e. The molecule has 0 heterocycles. The fourth-order valence-electron chi connectivity index (χ4n) is 2.05. The topological polar surface area (TPSA) is 95.7 Å². The second-order valence-electron chi connectivity index (χ2n) is 5.51. The zero-order valence-corrected chi connectivity index (χ0v) is 12.1. The first kappa shape index (κ1) is 15.3. The Morgan fingerprint density at radius 1 is 1.38 bits per heavy atom. The SMILES string of the molecule is CN(CC(=O)NC1CC1)C(=O)C(N)Cc1ccc(O)cc1. The Morgan fingerprint density at radius 2 is 2.00 bits per heavy atom. The first-order valence-electron chi connectivity index (χ1n) is 7.03. The first-order chi connectivity index (χ1) is 9.95. The molecule has 6 nitrogen and oxygen atoms in total. The van der Waals surface area contributed by atoms with E-state index in [9.17, 15) is 14.7 Å². The van der Waals surface area contributed by atoms with Crippen molar-refractivity contribution in [2.75, 3.05) is 13.6 Å². The maximum atomic E-state index is 12.1. The number of likely N-dealkylation sites (N-methyl/N-ethyl adjacent to an activating group) is 1. The number of nitrogens with zero attached hydrogens (tertiary/aromatic N) is 1. The third-order valence-corrected chi connectivity index (χ3v) is 3.41. The largest absolute Gasteiger partial charge is 0.508 e. The van der Waals surface area contributed by atoms with Crippen molar-refractivity contribution in [2.24, 2.45) is 5.73 Å². The number of benzene rings is 1. The van der Waals surface area contributed by atoms with E-state index >= 15 is 0 Å². The third kappa shape index (κ3) is 4.75. The highest BCUT2D eigenvalue weighted by molar-refractivity contribution is 5.87. The minimum atomic E-state index is -0.701. The maximum Gasteiger partial charge on any atom is 0.240 e. The van der Waals surface area contributed by atoms with Gasteiger partial charge < -0.3 is 21.1 Å². The molecule has 1 saturated carbocycles. The van der Waals surface area contributed by atoms with Crippen LogP contribution < -0.4 is 11.1 Å². The van der Waals surface area contributed by atoms with E-state index in [1.165, 1.54) is 4.90 Å². The molecule has 0 aliphatic heterocycles. The Morgan fingerprint density at radius 3 is 2.57 bits per heavy atom. The summed E-state index contributed by atoms with van der Waals surface area (Å²) in [7, 11) is 1.57. The summed E-state index contributed by atoms with van der Waals surface area (Å²) in [5, 5.41) is 12.0. The van der Waals surface area contributed by atoms with Crippen LogP contribution in [0.5, 0.6) is 5.75 Å². The van der Waals surface area contributed by atoms with E-state index in [4.69, 9.17) is 5.73 Å². The monoisotopic (exact) mass is 291 g/mol. The number of nitrogens with two attached hydrogens (primary N) is 1. The molecule has 1 fully saturated rings. The van der Waals surface area contributed by atoms with Crippen molar-refractivity contribution in [3.8, 4) is 5.75 Å². The summed E-state index contributed by atoms with van der Waals surface area (Å²) in [5.41, 5.74) is 6.76. The Bertz CT molecular complexity index is 511. The van der Waals surface area contributed by atoms with Gasteiger partial charge in [-0.2, -0.15) is 0 Å². The lowest BCUT2D eigenvalue weighted by molar-refractivity contribution is -0.135. The van der Waals surface area contributed by atoms with Crippen LogP contribution in [0.1, 0.15) is 18.4 Å². The summed E-state index contributed by atoms with van der Waals surface area (Å²) in [4.78, 5) is 25.1. The number of phenols is 1. The predicted molar refractivity (Wildman–Crippen MR) is 78.6 cm³/mol. The highest BCUT2D eigenvalue weighted by atomic mass is 16.3. The maximum absolute atomic E-state index is 12.1. The highest BCUT2D eigenvalue weighted by Crippen LogP contribution is 2.18. The molecule has 0 bridgehead atoms. The summed E-state index contributed by atoms with van der Waals surface area (Å²) < 4.78 is 0. The molecule has 2 rings (SSSR count). The number of carbonyl (C=O) groups excluding carboxylic acids is 2. The predicted octanol–water partition coefficient (Wildman–Crippen LogP) is -0.001000. The Labute approximate surface area is 123 Å². The van der Waals surface area contributed by atoms with E-state index in [0.717, 1.165) is 18.4 Å². The normalized spacial score (nSPS) is 15.3. The van der Waals surface area contributed by atoms with Gasteiger partial charge in [-0.1, -0.05) is 12.1 Å². The zero-order valence-electron chi connectivity index (χ0n) is 12.1. The average Bonchev–Trinajstić information content (AvgIpc) is 3.24. The van der Waals surface area contributed by atoms with Gasteiger partial charge >= 0.3 is 0 Å². The van der Waals surface area contributed by atoms with E-state index in [2.05, 4.69) is 5.32 Å². The Hall–Kier alpha value is -2.08.